The second-order valence-corrected chi connectivity index (χ2v) is 7.41. The Hall–Kier alpha value is -3.72. The molecular weight excluding hydrogens is 452 g/mol. The van der Waals surface area contributed by atoms with E-state index in [1.54, 1.807) is 31.5 Å². The second kappa shape index (κ2) is 10.7. The molecule has 172 valence electrons. The number of nitrogen functional groups attached to an aromatic ring is 1. The standard InChI is InChI=1S/C23H22ClF2N5O2/c1-28-12-16-11-18(6-9-20(16)27)30(2)13-15-3-10-21(24)29-22(15)31(14-32)17-4-7-19(8-5-17)33-23(25)26/h3-12,14,23H,13,27H2,1-2H3. The monoisotopic (exact) mass is 473 g/mol. The molecular formula is C23H22ClF2N5O2. The van der Waals surface area contributed by atoms with Crippen molar-refractivity contribution in [3.05, 3.63) is 70.9 Å². The zero-order valence-electron chi connectivity index (χ0n) is 18.0. The molecule has 0 atom stereocenters. The Morgan fingerprint density at radius 3 is 2.48 bits per heavy atom. The Morgan fingerprint density at radius 1 is 1.15 bits per heavy atom. The molecule has 33 heavy (non-hydrogen) atoms. The number of nitrogens with two attached hydrogens (primary N) is 1. The maximum absolute atomic E-state index is 12.4. The summed E-state index contributed by atoms with van der Waals surface area (Å²) in [5.74, 6) is 0.297. The summed E-state index contributed by atoms with van der Waals surface area (Å²) in [6.07, 6.45) is 2.27. The van der Waals surface area contributed by atoms with Gasteiger partial charge in [-0.3, -0.25) is 14.7 Å². The van der Waals surface area contributed by atoms with Crippen LogP contribution in [0.2, 0.25) is 5.15 Å². The first-order valence-corrected chi connectivity index (χ1v) is 10.2. The molecule has 7 nitrogen and oxygen atoms in total. The van der Waals surface area contributed by atoms with Crippen LogP contribution in [0.3, 0.4) is 0 Å². The average Bonchev–Trinajstić information content (AvgIpc) is 2.78. The van der Waals surface area contributed by atoms with Crippen molar-refractivity contribution in [2.24, 2.45) is 4.99 Å². The molecule has 0 aliphatic rings. The number of hydrogen-bond donors (Lipinski definition) is 1. The molecule has 0 fully saturated rings. The molecule has 3 rings (SSSR count). The first-order valence-electron chi connectivity index (χ1n) is 9.80. The number of alkyl halides is 2. The van der Waals surface area contributed by atoms with Gasteiger partial charge < -0.3 is 15.4 Å². The number of pyridine rings is 1. The lowest BCUT2D eigenvalue weighted by molar-refractivity contribution is -0.106. The number of ether oxygens (including phenoxy) is 1. The number of halogens is 3. The largest absolute Gasteiger partial charge is 0.435 e. The highest BCUT2D eigenvalue weighted by Gasteiger charge is 2.18. The molecule has 0 spiro atoms. The van der Waals surface area contributed by atoms with E-state index < -0.39 is 6.61 Å². The Kier molecular flexibility index (Phi) is 7.78. The van der Waals surface area contributed by atoms with E-state index in [0.717, 1.165) is 11.3 Å². The molecule has 0 aliphatic heterocycles. The van der Waals surface area contributed by atoms with Gasteiger partial charge in [-0.1, -0.05) is 17.7 Å². The predicted molar refractivity (Wildman–Crippen MR) is 127 cm³/mol. The Morgan fingerprint density at radius 2 is 1.85 bits per heavy atom. The lowest BCUT2D eigenvalue weighted by atomic mass is 10.1. The second-order valence-electron chi connectivity index (χ2n) is 7.02. The Labute approximate surface area is 195 Å². The van der Waals surface area contributed by atoms with Crippen molar-refractivity contribution in [3.63, 3.8) is 0 Å². The highest BCUT2D eigenvalue weighted by Crippen LogP contribution is 2.30. The third-order valence-corrected chi connectivity index (χ3v) is 4.99. The van der Waals surface area contributed by atoms with Crippen LogP contribution in [0.4, 0.5) is 31.7 Å². The number of carbonyl (C=O) groups excluding carboxylic acids is 1. The molecule has 3 aromatic rings. The Balaban J connectivity index is 1.92. The summed E-state index contributed by atoms with van der Waals surface area (Å²) in [4.78, 5) is 23.6. The molecule has 1 heterocycles. The van der Waals surface area contributed by atoms with E-state index >= 15 is 0 Å². The quantitative estimate of drug-likeness (QED) is 0.207. The number of hydrogen-bond acceptors (Lipinski definition) is 6. The Bertz CT molecular complexity index is 1140. The number of benzene rings is 2. The fourth-order valence-corrected chi connectivity index (χ4v) is 3.35. The number of aliphatic imine (C=N–C) groups is 1. The number of rotatable bonds is 9. The zero-order valence-corrected chi connectivity index (χ0v) is 18.7. The van der Waals surface area contributed by atoms with E-state index in [0.29, 0.717) is 35.7 Å². The average molecular weight is 474 g/mol. The molecule has 0 radical (unpaired) electrons. The van der Waals surface area contributed by atoms with E-state index in [1.807, 2.05) is 24.1 Å². The third-order valence-electron chi connectivity index (χ3n) is 4.78. The summed E-state index contributed by atoms with van der Waals surface area (Å²) in [5, 5.41) is 0.204. The molecule has 2 N–H and O–H groups in total. The van der Waals surface area contributed by atoms with Gasteiger partial charge in [0.25, 0.3) is 0 Å². The minimum Gasteiger partial charge on any atom is -0.435 e. The lowest BCUT2D eigenvalue weighted by Gasteiger charge is -2.25. The molecule has 2 aromatic carbocycles. The smallest absolute Gasteiger partial charge is 0.387 e. The van der Waals surface area contributed by atoms with Gasteiger partial charge in [-0.2, -0.15) is 8.78 Å². The summed E-state index contributed by atoms with van der Waals surface area (Å²) in [6, 6.07) is 14.7. The van der Waals surface area contributed by atoms with E-state index in [2.05, 4.69) is 14.7 Å². The zero-order chi connectivity index (χ0) is 24.0. The van der Waals surface area contributed by atoms with E-state index in [1.165, 1.54) is 29.2 Å². The highest BCUT2D eigenvalue weighted by atomic mass is 35.5. The fourth-order valence-electron chi connectivity index (χ4n) is 3.20. The molecule has 0 saturated heterocycles. The van der Waals surface area contributed by atoms with E-state index in [-0.39, 0.29) is 10.9 Å². The maximum Gasteiger partial charge on any atom is 0.387 e. The van der Waals surface area contributed by atoms with Gasteiger partial charge >= 0.3 is 6.61 Å². The van der Waals surface area contributed by atoms with Crippen LogP contribution in [-0.4, -0.2) is 38.3 Å². The van der Waals surface area contributed by atoms with Gasteiger partial charge in [-0.25, -0.2) is 4.98 Å². The number of aromatic nitrogens is 1. The van der Waals surface area contributed by atoms with Crippen LogP contribution >= 0.6 is 11.6 Å². The number of anilines is 4. The molecule has 1 amide bonds. The van der Waals surface area contributed by atoms with Crippen molar-refractivity contribution in [2.75, 3.05) is 29.6 Å². The molecule has 1 aromatic heterocycles. The molecule has 0 bridgehead atoms. The number of carbonyl (C=O) groups is 1. The van der Waals surface area contributed by atoms with Crippen LogP contribution < -0.4 is 20.3 Å². The van der Waals surface area contributed by atoms with Crippen LogP contribution in [0.1, 0.15) is 11.1 Å². The van der Waals surface area contributed by atoms with Crippen molar-refractivity contribution < 1.29 is 18.3 Å². The lowest BCUT2D eigenvalue weighted by Crippen LogP contribution is -2.22. The van der Waals surface area contributed by atoms with Crippen molar-refractivity contribution in [2.45, 2.75) is 13.2 Å². The van der Waals surface area contributed by atoms with Crippen LogP contribution in [0.25, 0.3) is 0 Å². The van der Waals surface area contributed by atoms with Gasteiger partial charge in [0, 0.05) is 49.4 Å². The van der Waals surface area contributed by atoms with E-state index in [9.17, 15) is 13.6 Å². The van der Waals surface area contributed by atoms with Gasteiger partial charge in [0.1, 0.15) is 16.7 Å². The maximum atomic E-state index is 12.4. The van der Waals surface area contributed by atoms with Gasteiger partial charge in [0.05, 0.1) is 5.69 Å². The number of nitrogens with zero attached hydrogens (tertiary/aromatic N) is 4. The summed E-state index contributed by atoms with van der Waals surface area (Å²) in [6.45, 7) is -2.55. The van der Waals surface area contributed by atoms with Crippen LogP contribution in [0.15, 0.2) is 59.6 Å². The molecule has 0 aliphatic carbocycles. The molecule has 10 heteroatoms. The van der Waals surface area contributed by atoms with E-state index in [4.69, 9.17) is 17.3 Å². The third kappa shape index (κ3) is 5.95. The van der Waals surface area contributed by atoms with Crippen molar-refractivity contribution in [3.8, 4) is 5.75 Å². The van der Waals surface area contributed by atoms with Gasteiger partial charge in [0.2, 0.25) is 6.41 Å². The SMILES string of the molecule is CN=Cc1cc(N(C)Cc2ccc(Cl)nc2N(C=O)c2ccc(OC(F)F)cc2)ccc1N. The molecule has 0 saturated carbocycles. The van der Waals surface area contributed by atoms with Gasteiger partial charge in [-0.05, 0) is 48.5 Å². The normalized spacial score (nSPS) is 11.1. The van der Waals surface area contributed by atoms with Crippen LogP contribution in [-0.2, 0) is 11.3 Å². The minimum atomic E-state index is -2.94. The van der Waals surface area contributed by atoms with Crippen LogP contribution in [0, 0.1) is 0 Å². The topological polar surface area (TPSA) is 84.0 Å². The van der Waals surface area contributed by atoms with Gasteiger partial charge in [-0.15, -0.1) is 0 Å². The van der Waals surface area contributed by atoms with Crippen molar-refractivity contribution >= 4 is 47.1 Å². The summed E-state index contributed by atoms with van der Waals surface area (Å²) in [5.41, 5.74) is 9.41. The van der Waals surface area contributed by atoms with Crippen molar-refractivity contribution in [1.82, 2.24) is 4.98 Å². The summed E-state index contributed by atoms with van der Waals surface area (Å²) in [7, 11) is 3.56. The van der Waals surface area contributed by atoms with Crippen molar-refractivity contribution in [1.29, 1.82) is 0 Å². The van der Waals surface area contributed by atoms with Crippen LogP contribution in [0.5, 0.6) is 5.75 Å². The minimum absolute atomic E-state index is 0.0200. The predicted octanol–water partition coefficient (Wildman–Crippen LogP) is 4.90. The summed E-state index contributed by atoms with van der Waals surface area (Å²) < 4.78 is 29.2. The first-order chi connectivity index (χ1) is 15.8. The molecule has 0 unspecified atom stereocenters. The fraction of sp³-hybridized carbons (Fsp3) is 0.174. The van der Waals surface area contributed by atoms with Gasteiger partial charge in [0.15, 0.2) is 0 Å². The number of amides is 1. The summed E-state index contributed by atoms with van der Waals surface area (Å²) >= 11 is 6.12. The highest BCUT2D eigenvalue weighted by molar-refractivity contribution is 6.29. The first kappa shape index (κ1) is 23.9.